The maximum absolute atomic E-state index is 13.7. The maximum Gasteiger partial charge on any atom is 0.229 e. The molecule has 1 rings (SSSR count). The lowest BCUT2D eigenvalue weighted by molar-refractivity contribution is -0.142. The predicted octanol–water partition coefficient (Wildman–Crippen LogP) is 1.47. The topological polar surface area (TPSA) is 52.7 Å². The molecule has 0 radical (unpaired) electrons. The zero-order chi connectivity index (χ0) is 15.1. The van der Waals surface area contributed by atoms with Gasteiger partial charge in [-0.2, -0.15) is 0 Å². The molecule has 1 aliphatic rings. The second-order valence-electron chi connectivity index (χ2n) is 5.19. The Kier molecular flexibility index (Phi) is 6.64. The highest BCUT2D eigenvalue weighted by molar-refractivity contribution is 5.93. The summed E-state index contributed by atoms with van der Waals surface area (Å²) in [7, 11) is 3.26. The van der Waals surface area contributed by atoms with Gasteiger partial charge >= 0.3 is 0 Å². The third-order valence-electron chi connectivity index (χ3n) is 3.53. The van der Waals surface area contributed by atoms with Gasteiger partial charge in [-0.25, -0.2) is 5.12 Å². The maximum atomic E-state index is 13.7. The quantitative estimate of drug-likeness (QED) is 0.777. The summed E-state index contributed by atoms with van der Waals surface area (Å²) in [6.07, 6.45) is 4.56. The molecule has 20 heavy (non-hydrogen) atoms. The van der Waals surface area contributed by atoms with Gasteiger partial charge in [0, 0.05) is 38.6 Å². The molecule has 6 heteroatoms. The minimum atomic E-state index is -0.282. The molecule has 5 nitrogen and oxygen atoms in total. The van der Waals surface area contributed by atoms with Crippen molar-refractivity contribution in [2.75, 3.05) is 27.2 Å². The summed E-state index contributed by atoms with van der Waals surface area (Å²) in [5.41, 5.74) is 0.648. The van der Waals surface area contributed by atoms with Crippen LogP contribution < -0.4 is 5.32 Å². The number of halogens is 1. The SMILES string of the molecule is CNCC(/C=C1\CCCCN1F)CC(=O)N(C)C(C)=O. The lowest BCUT2D eigenvalue weighted by Crippen LogP contribution is -2.34. The van der Waals surface area contributed by atoms with Crippen molar-refractivity contribution in [2.24, 2.45) is 5.92 Å². The van der Waals surface area contributed by atoms with Crippen molar-refractivity contribution in [3.05, 3.63) is 11.8 Å². The fourth-order valence-corrected chi connectivity index (χ4v) is 2.25. The van der Waals surface area contributed by atoms with Gasteiger partial charge < -0.3 is 5.32 Å². The summed E-state index contributed by atoms with van der Waals surface area (Å²) in [5.74, 6) is -0.632. The molecule has 0 saturated carbocycles. The predicted molar refractivity (Wildman–Crippen MR) is 75.2 cm³/mol. The number of hydrogen-bond acceptors (Lipinski definition) is 4. The van der Waals surface area contributed by atoms with Crippen molar-refractivity contribution in [2.45, 2.75) is 32.6 Å². The standard InChI is InChI=1S/C14H24FN3O2/c1-11(19)17(3)14(20)9-12(10-16-2)8-13-6-4-5-7-18(13)15/h8,12,16H,4-7,9-10H2,1-3H3/b13-8+. The van der Waals surface area contributed by atoms with E-state index in [4.69, 9.17) is 0 Å². The first-order chi connectivity index (χ1) is 9.45. The van der Waals surface area contributed by atoms with Gasteiger partial charge in [-0.15, -0.1) is 4.48 Å². The fourth-order valence-electron chi connectivity index (χ4n) is 2.25. The van der Waals surface area contributed by atoms with Gasteiger partial charge in [-0.05, 0) is 26.3 Å². The molecule has 1 heterocycles. The monoisotopic (exact) mass is 285 g/mol. The Morgan fingerprint density at radius 3 is 2.75 bits per heavy atom. The van der Waals surface area contributed by atoms with E-state index in [1.165, 1.54) is 14.0 Å². The summed E-state index contributed by atoms with van der Waals surface area (Å²) >= 11 is 0. The lowest BCUT2D eigenvalue weighted by Gasteiger charge is -2.25. The van der Waals surface area contributed by atoms with E-state index in [2.05, 4.69) is 5.32 Å². The zero-order valence-electron chi connectivity index (χ0n) is 12.5. The van der Waals surface area contributed by atoms with Crippen LogP contribution in [0.25, 0.3) is 0 Å². The molecule has 2 amide bonds. The van der Waals surface area contributed by atoms with Gasteiger partial charge in [-0.3, -0.25) is 14.5 Å². The normalized spacial score (nSPS) is 19.0. The number of carbonyl (C=O) groups is 2. The summed E-state index contributed by atoms with van der Waals surface area (Å²) in [6, 6.07) is 0. The van der Waals surface area contributed by atoms with Crippen LogP contribution in [0, 0.1) is 5.92 Å². The largest absolute Gasteiger partial charge is 0.319 e. The molecule has 0 aromatic rings. The third kappa shape index (κ3) is 4.92. The lowest BCUT2D eigenvalue weighted by atomic mass is 9.99. The highest BCUT2D eigenvalue weighted by atomic mass is 19.2. The summed E-state index contributed by atoms with van der Waals surface area (Å²) in [5, 5.41) is 3.77. The molecule has 1 N–H and O–H groups in total. The fraction of sp³-hybridized carbons (Fsp3) is 0.714. The molecule has 1 fully saturated rings. The van der Waals surface area contributed by atoms with Gasteiger partial charge in [0.05, 0.1) is 6.54 Å². The Morgan fingerprint density at radius 2 is 2.20 bits per heavy atom. The van der Waals surface area contributed by atoms with E-state index in [0.717, 1.165) is 22.9 Å². The van der Waals surface area contributed by atoms with Crippen molar-refractivity contribution in [3.63, 3.8) is 0 Å². The Morgan fingerprint density at radius 1 is 1.50 bits per heavy atom. The summed E-state index contributed by atoms with van der Waals surface area (Å²) in [4.78, 5) is 24.2. The minimum Gasteiger partial charge on any atom is -0.319 e. The van der Waals surface area contributed by atoms with E-state index >= 15 is 0 Å². The first kappa shape index (κ1) is 16.6. The molecule has 114 valence electrons. The number of piperidine rings is 1. The molecular formula is C14H24FN3O2. The van der Waals surface area contributed by atoms with Crippen molar-refractivity contribution in [1.29, 1.82) is 0 Å². The van der Waals surface area contributed by atoms with Crippen LogP contribution in [0.5, 0.6) is 0 Å². The molecule has 1 saturated heterocycles. The molecule has 0 aliphatic carbocycles. The van der Waals surface area contributed by atoms with Crippen molar-refractivity contribution in [3.8, 4) is 0 Å². The highest BCUT2D eigenvalue weighted by Crippen LogP contribution is 2.23. The number of amides is 2. The van der Waals surface area contributed by atoms with E-state index in [1.54, 1.807) is 7.05 Å². The summed E-state index contributed by atoms with van der Waals surface area (Å²) < 4.78 is 13.7. The van der Waals surface area contributed by atoms with E-state index < -0.39 is 0 Å². The molecule has 1 atom stereocenters. The molecule has 0 spiro atoms. The number of carbonyl (C=O) groups excluding carboxylic acids is 2. The molecule has 1 unspecified atom stereocenters. The van der Waals surface area contributed by atoms with Gasteiger partial charge in [0.2, 0.25) is 11.8 Å². The minimum absolute atomic E-state index is 0.111. The molecule has 0 aromatic heterocycles. The average molecular weight is 285 g/mol. The number of hydrogen-bond donors (Lipinski definition) is 1. The zero-order valence-corrected chi connectivity index (χ0v) is 12.5. The molecular weight excluding hydrogens is 261 g/mol. The smallest absolute Gasteiger partial charge is 0.229 e. The Bertz CT molecular complexity index is 385. The average Bonchev–Trinajstić information content (AvgIpc) is 2.40. The molecule has 0 bridgehead atoms. The molecule has 0 aromatic carbocycles. The van der Waals surface area contributed by atoms with Gasteiger partial charge in [0.15, 0.2) is 0 Å². The first-order valence-electron chi connectivity index (χ1n) is 7.01. The second kappa shape index (κ2) is 7.99. The van der Waals surface area contributed by atoms with Crippen LogP contribution in [0.4, 0.5) is 4.48 Å². The van der Waals surface area contributed by atoms with E-state index in [0.29, 0.717) is 25.2 Å². The highest BCUT2D eigenvalue weighted by Gasteiger charge is 2.20. The number of nitrogens with one attached hydrogen (secondary N) is 1. The van der Waals surface area contributed by atoms with Crippen LogP contribution in [0.15, 0.2) is 11.8 Å². The van der Waals surface area contributed by atoms with Crippen LogP contribution in [0.3, 0.4) is 0 Å². The van der Waals surface area contributed by atoms with E-state index in [9.17, 15) is 14.1 Å². The molecule has 1 aliphatic heterocycles. The van der Waals surface area contributed by atoms with Crippen LogP contribution in [-0.2, 0) is 9.59 Å². The van der Waals surface area contributed by atoms with Crippen molar-refractivity contribution >= 4 is 11.8 Å². The Hall–Kier alpha value is -1.43. The number of rotatable bonds is 5. The van der Waals surface area contributed by atoms with Crippen LogP contribution in [-0.4, -0.2) is 49.0 Å². The van der Waals surface area contributed by atoms with Crippen LogP contribution >= 0.6 is 0 Å². The second-order valence-corrected chi connectivity index (χ2v) is 5.19. The first-order valence-corrected chi connectivity index (χ1v) is 7.01. The van der Waals surface area contributed by atoms with Crippen LogP contribution in [0.2, 0.25) is 0 Å². The third-order valence-corrected chi connectivity index (χ3v) is 3.53. The number of nitrogens with zero attached hydrogens (tertiary/aromatic N) is 2. The van der Waals surface area contributed by atoms with E-state index in [-0.39, 0.29) is 24.2 Å². The van der Waals surface area contributed by atoms with Gasteiger partial charge in [-0.1, -0.05) is 6.08 Å². The van der Waals surface area contributed by atoms with Gasteiger partial charge in [0.1, 0.15) is 0 Å². The van der Waals surface area contributed by atoms with E-state index in [1.807, 2.05) is 6.08 Å². The number of imide groups is 1. The summed E-state index contributed by atoms with van der Waals surface area (Å²) in [6.45, 7) is 2.35. The van der Waals surface area contributed by atoms with Crippen molar-refractivity contribution in [1.82, 2.24) is 15.3 Å². The Labute approximate surface area is 119 Å². The van der Waals surface area contributed by atoms with Crippen molar-refractivity contribution < 1.29 is 14.1 Å². The van der Waals surface area contributed by atoms with Gasteiger partial charge in [0.25, 0.3) is 0 Å². The van der Waals surface area contributed by atoms with Crippen LogP contribution in [0.1, 0.15) is 32.6 Å². The number of allylic oxidation sites excluding steroid dienone is 1. The Balaban J connectivity index is 2.70.